The lowest BCUT2D eigenvalue weighted by Crippen LogP contribution is -2.19. The first-order valence-electron chi connectivity index (χ1n) is 18.9. The maximum absolute atomic E-state index is 12.4. The van der Waals surface area contributed by atoms with Crippen molar-refractivity contribution < 1.29 is 19.4 Å². The summed E-state index contributed by atoms with van der Waals surface area (Å²) in [6.45, 7) is 4.41. The Kier molecular flexibility index (Phi) is 34.7. The number of carbonyl (C=O) groups is 2. The van der Waals surface area contributed by atoms with Crippen molar-refractivity contribution in [3.05, 3.63) is 72.9 Å². The van der Waals surface area contributed by atoms with Crippen LogP contribution in [-0.4, -0.2) is 23.1 Å². The van der Waals surface area contributed by atoms with E-state index < -0.39 is 5.97 Å². The highest BCUT2D eigenvalue weighted by molar-refractivity contribution is 5.69. The fourth-order valence-electron chi connectivity index (χ4n) is 5.18. The first-order chi connectivity index (χ1) is 22.6. The van der Waals surface area contributed by atoms with Gasteiger partial charge in [0.15, 0.2) is 0 Å². The summed E-state index contributed by atoms with van der Waals surface area (Å²) in [6, 6.07) is 0. The lowest BCUT2D eigenvalue weighted by molar-refractivity contribution is -0.151. The van der Waals surface area contributed by atoms with E-state index in [-0.39, 0.29) is 18.5 Å². The first kappa shape index (κ1) is 43.4. The third-order valence-corrected chi connectivity index (χ3v) is 7.96. The highest BCUT2D eigenvalue weighted by atomic mass is 16.5. The van der Waals surface area contributed by atoms with Gasteiger partial charge < -0.3 is 9.84 Å². The highest BCUT2D eigenvalue weighted by Crippen LogP contribution is 2.17. The monoisotopic (exact) mass is 639 g/mol. The number of allylic oxidation sites excluding steroid dienone is 12. The minimum Gasteiger partial charge on any atom is -0.481 e. The molecule has 0 heterocycles. The van der Waals surface area contributed by atoms with Crippen LogP contribution >= 0.6 is 0 Å². The van der Waals surface area contributed by atoms with Crippen LogP contribution in [-0.2, 0) is 14.3 Å². The molecule has 262 valence electrons. The third-order valence-electron chi connectivity index (χ3n) is 7.96. The third kappa shape index (κ3) is 35.9. The SMILES string of the molecule is CC/C=C\C/C=C\C/C=C\C/C=C\C/C=C\C/C=C\CCCCC(=O)OC(CCCCCCCCCCCCCC)CCC(=O)O. The van der Waals surface area contributed by atoms with E-state index in [2.05, 4.69) is 86.8 Å². The molecule has 1 N–H and O–H groups in total. The lowest BCUT2D eigenvalue weighted by Gasteiger charge is -2.17. The van der Waals surface area contributed by atoms with E-state index in [1.165, 1.54) is 64.2 Å². The fourth-order valence-corrected chi connectivity index (χ4v) is 5.18. The number of rotatable bonds is 33. The van der Waals surface area contributed by atoms with Crippen LogP contribution in [0.4, 0.5) is 0 Å². The van der Waals surface area contributed by atoms with Crippen LogP contribution in [0.15, 0.2) is 72.9 Å². The molecule has 0 fully saturated rings. The van der Waals surface area contributed by atoms with Crippen molar-refractivity contribution in [2.75, 3.05) is 0 Å². The van der Waals surface area contributed by atoms with Gasteiger partial charge in [0.25, 0.3) is 0 Å². The lowest BCUT2D eigenvalue weighted by atomic mass is 10.0. The summed E-state index contributed by atoms with van der Waals surface area (Å²) in [7, 11) is 0. The summed E-state index contributed by atoms with van der Waals surface area (Å²) >= 11 is 0. The summed E-state index contributed by atoms with van der Waals surface area (Å²) in [4.78, 5) is 23.5. The summed E-state index contributed by atoms with van der Waals surface area (Å²) in [6.07, 6.45) is 52.0. The van der Waals surface area contributed by atoms with Crippen molar-refractivity contribution >= 4 is 11.9 Å². The number of esters is 1. The molecule has 4 heteroatoms. The van der Waals surface area contributed by atoms with Crippen molar-refractivity contribution in [1.82, 2.24) is 0 Å². The predicted octanol–water partition coefficient (Wildman–Crippen LogP) is 13.1. The molecule has 0 aromatic carbocycles. The number of unbranched alkanes of at least 4 members (excludes halogenated alkanes) is 13. The maximum Gasteiger partial charge on any atom is 0.306 e. The van der Waals surface area contributed by atoms with Crippen LogP contribution < -0.4 is 0 Å². The zero-order valence-corrected chi connectivity index (χ0v) is 29.9. The normalized spacial score (nSPS) is 13.1. The molecule has 0 aromatic heterocycles. The topological polar surface area (TPSA) is 63.6 Å². The number of carbonyl (C=O) groups excluding carboxylic acids is 1. The van der Waals surface area contributed by atoms with E-state index in [4.69, 9.17) is 9.84 Å². The second kappa shape index (κ2) is 36.8. The molecular weight excluding hydrogens is 568 g/mol. The van der Waals surface area contributed by atoms with Crippen LogP contribution in [0.5, 0.6) is 0 Å². The molecule has 0 aliphatic rings. The van der Waals surface area contributed by atoms with Crippen LogP contribution in [0.2, 0.25) is 0 Å². The molecular formula is C42H70O4. The van der Waals surface area contributed by atoms with Gasteiger partial charge in [-0.2, -0.15) is 0 Å². The molecule has 0 radical (unpaired) electrons. The standard InChI is InChI=1S/C42H70O4/c1-3-5-7-9-11-13-15-17-18-19-20-21-22-23-24-25-27-29-31-33-35-37-42(45)46-40(38-39-41(43)44)36-34-32-30-28-26-16-14-12-10-8-6-4-2/h5,7,11,13,17-18,20-21,23-24,27,29,40H,3-4,6,8-10,12,14-16,19,22,25-26,28,30-39H2,1-2H3,(H,43,44)/b7-5-,13-11-,18-17-,21-20-,24-23-,29-27-. The van der Waals surface area contributed by atoms with E-state index >= 15 is 0 Å². The van der Waals surface area contributed by atoms with Gasteiger partial charge in [0.1, 0.15) is 6.10 Å². The fraction of sp³-hybridized carbons (Fsp3) is 0.667. The number of hydrogen-bond donors (Lipinski definition) is 1. The molecule has 0 spiro atoms. The highest BCUT2D eigenvalue weighted by Gasteiger charge is 2.15. The van der Waals surface area contributed by atoms with Gasteiger partial charge in [-0.25, -0.2) is 0 Å². The van der Waals surface area contributed by atoms with Gasteiger partial charge >= 0.3 is 11.9 Å². The van der Waals surface area contributed by atoms with Crippen molar-refractivity contribution in [1.29, 1.82) is 0 Å². The minimum absolute atomic E-state index is 0.0545. The number of hydrogen-bond acceptors (Lipinski definition) is 3. The van der Waals surface area contributed by atoms with Gasteiger partial charge in [-0.1, -0.05) is 157 Å². The van der Waals surface area contributed by atoms with Gasteiger partial charge in [0, 0.05) is 12.8 Å². The minimum atomic E-state index is -0.827. The largest absolute Gasteiger partial charge is 0.481 e. The molecule has 0 saturated carbocycles. The van der Waals surface area contributed by atoms with Gasteiger partial charge in [0.2, 0.25) is 0 Å². The molecule has 0 aliphatic carbocycles. The number of carboxylic acid groups (broad SMARTS) is 1. The molecule has 1 atom stereocenters. The Morgan fingerprint density at radius 1 is 0.500 bits per heavy atom. The Morgan fingerprint density at radius 3 is 1.39 bits per heavy atom. The summed E-state index contributed by atoms with van der Waals surface area (Å²) < 4.78 is 5.70. The van der Waals surface area contributed by atoms with Gasteiger partial charge in [0.05, 0.1) is 0 Å². The Labute approximate surface area is 284 Å². The van der Waals surface area contributed by atoms with E-state index in [0.29, 0.717) is 12.8 Å². The van der Waals surface area contributed by atoms with Crippen molar-refractivity contribution in [2.24, 2.45) is 0 Å². The second-order valence-corrected chi connectivity index (χ2v) is 12.4. The smallest absolute Gasteiger partial charge is 0.306 e. The van der Waals surface area contributed by atoms with Crippen LogP contribution in [0.25, 0.3) is 0 Å². The summed E-state index contributed by atoms with van der Waals surface area (Å²) in [5, 5.41) is 9.10. The molecule has 1 unspecified atom stereocenters. The van der Waals surface area contributed by atoms with Crippen LogP contribution in [0.1, 0.15) is 174 Å². The van der Waals surface area contributed by atoms with Crippen LogP contribution in [0, 0.1) is 0 Å². The number of carboxylic acids is 1. The average Bonchev–Trinajstić information content (AvgIpc) is 3.04. The predicted molar refractivity (Wildman–Crippen MR) is 199 cm³/mol. The van der Waals surface area contributed by atoms with E-state index in [0.717, 1.165) is 77.0 Å². The quantitative estimate of drug-likeness (QED) is 0.0441. The molecule has 46 heavy (non-hydrogen) atoms. The molecule has 0 rings (SSSR count). The number of ether oxygens (including phenoxy) is 1. The number of aliphatic carboxylic acids is 1. The summed E-state index contributed by atoms with van der Waals surface area (Å²) in [5.41, 5.74) is 0. The van der Waals surface area contributed by atoms with E-state index in [1.807, 2.05) is 0 Å². The van der Waals surface area contributed by atoms with Crippen molar-refractivity contribution in [2.45, 2.75) is 180 Å². The molecule has 0 amide bonds. The second-order valence-electron chi connectivity index (χ2n) is 12.4. The first-order valence-corrected chi connectivity index (χ1v) is 18.9. The average molecular weight is 639 g/mol. The molecule has 4 nitrogen and oxygen atoms in total. The Balaban J connectivity index is 3.88. The molecule has 0 saturated heterocycles. The van der Waals surface area contributed by atoms with Crippen molar-refractivity contribution in [3.63, 3.8) is 0 Å². The van der Waals surface area contributed by atoms with Gasteiger partial charge in [-0.05, 0) is 77.0 Å². The zero-order valence-electron chi connectivity index (χ0n) is 29.9. The summed E-state index contributed by atoms with van der Waals surface area (Å²) in [5.74, 6) is -1.01. The van der Waals surface area contributed by atoms with Gasteiger partial charge in [-0.15, -0.1) is 0 Å². The maximum atomic E-state index is 12.4. The Morgan fingerprint density at radius 2 is 0.935 bits per heavy atom. The van der Waals surface area contributed by atoms with E-state index in [1.54, 1.807) is 0 Å². The van der Waals surface area contributed by atoms with Crippen molar-refractivity contribution in [3.8, 4) is 0 Å². The molecule has 0 aromatic rings. The molecule has 0 aliphatic heterocycles. The molecule has 0 bridgehead atoms. The van der Waals surface area contributed by atoms with E-state index in [9.17, 15) is 9.59 Å². The Hall–Kier alpha value is -2.62. The Bertz CT molecular complexity index is 861. The van der Waals surface area contributed by atoms with Crippen LogP contribution in [0.3, 0.4) is 0 Å². The van der Waals surface area contributed by atoms with Gasteiger partial charge in [-0.3, -0.25) is 9.59 Å². The zero-order chi connectivity index (χ0) is 33.6.